The third-order valence-electron chi connectivity index (χ3n) is 5.13. The van der Waals surface area contributed by atoms with Gasteiger partial charge >= 0.3 is 11.9 Å². The van der Waals surface area contributed by atoms with Gasteiger partial charge in [-0.3, -0.25) is 4.57 Å². The molecule has 14 heteroatoms. The minimum Gasteiger partial charge on any atom is -0.382 e. The number of nitrogens with zero attached hydrogens (tertiary/aromatic N) is 6. The van der Waals surface area contributed by atoms with Gasteiger partial charge in [0, 0.05) is 15.6 Å². The van der Waals surface area contributed by atoms with E-state index in [2.05, 4.69) is 15.2 Å². The van der Waals surface area contributed by atoms with Crippen LogP contribution in [0.2, 0.25) is 10.0 Å². The average molecular weight is 545 g/mol. The highest BCUT2D eigenvalue weighted by Gasteiger charge is 2.39. The molecule has 0 radical (unpaired) electrons. The van der Waals surface area contributed by atoms with Gasteiger partial charge in [0.15, 0.2) is 29.7 Å². The first-order valence-electron chi connectivity index (χ1n) is 10.5. The Morgan fingerprint density at radius 1 is 1.06 bits per heavy atom. The van der Waals surface area contributed by atoms with Gasteiger partial charge in [0.1, 0.15) is 6.54 Å². The Morgan fingerprint density at radius 3 is 2.36 bits per heavy atom. The molecule has 0 bridgehead atoms. The third-order valence-corrected chi connectivity index (χ3v) is 5.62. The molecule has 0 amide bonds. The maximum Gasteiger partial charge on any atom is 0.416 e. The SMILES string of the molecule is CC(F)c1nc(Cn2nc(-c3ccc(Cl)cc3)n(C[C@H](O)C(F)(F)F)c2=O)nn1-c1cccc(Cl)c1. The van der Waals surface area contributed by atoms with Crippen molar-refractivity contribution in [3.05, 3.63) is 80.7 Å². The fourth-order valence-electron chi connectivity index (χ4n) is 3.42. The predicted molar refractivity (Wildman–Crippen MR) is 124 cm³/mol. The molecular formula is C22H18Cl2F4N6O2. The van der Waals surface area contributed by atoms with Crippen LogP contribution in [0.3, 0.4) is 0 Å². The molecule has 4 rings (SSSR count). The Balaban J connectivity index is 1.77. The highest BCUT2D eigenvalue weighted by atomic mass is 35.5. The molecule has 8 nitrogen and oxygen atoms in total. The van der Waals surface area contributed by atoms with Crippen molar-refractivity contribution < 1.29 is 22.7 Å². The zero-order valence-electron chi connectivity index (χ0n) is 18.5. The van der Waals surface area contributed by atoms with E-state index in [4.69, 9.17) is 23.2 Å². The smallest absolute Gasteiger partial charge is 0.382 e. The summed E-state index contributed by atoms with van der Waals surface area (Å²) in [5.41, 5.74) is -0.230. The van der Waals surface area contributed by atoms with Crippen LogP contribution in [-0.2, 0) is 13.1 Å². The van der Waals surface area contributed by atoms with Gasteiger partial charge in [-0.05, 0) is 49.4 Å². The van der Waals surface area contributed by atoms with E-state index in [-0.39, 0.29) is 24.0 Å². The lowest BCUT2D eigenvalue weighted by Gasteiger charge is -2.15. The summed E-state index contributed by atoms with van der Waals surface area (Å²) in [7, 11) is 0. The van der Waals surface area contributed by atoms with Gasteiger partial charge in [-0.1, -0.05) is 29.3 Å². The van der Waals surface area contributed by atoms with E-state index in [1.807, 2.05) is 0 Å². The van der Waals surface area contributed by atoms with E-state index in [0.717, 1.165) is 4.68 Å². The van der Waals surface area contributed by atoms with Gasteiger partial charge in [0.2, 0.25) is 0 Å². The van der Waals surface area contributed by atoms with E-state index in [1.165, 1.54) is 35.9 Å². The first-order valence-corrected chi connectivity index (χ1v) is 11.2. The van der Waals surface area contributed by atoms with Gasteiger partial charge in [0.05, 0.1) is 12.2 Å². The fourth-order valence-corrected chi connectivity index (χ4v) is 3.73. The molecule has 2 aromatic heterocycles. The first-order chi connectivity index (χ1) is 16.9. The van der Waals surface area contributed by atoms with Crippen molar-refractivity contribution in [3.63, 3.8) is 0 Å². The molecule has 0 aliphatic heterocycles. The van der Waals surface area contributed by atoms with Gasteiger partial charge in [-0.2, -0.15) is 13.2 Å². The number of benzene rings is 2. The summed E-state index contributed by atoms with van der Waals surface area (Å²) < 4.78 is 56.2. The van der Waals surface area contributed by atoms with Gasteiger partial charge in [-0.15, -0.1) is 10.2 Å². The highest BCUT2D eigenvalue weighted by Crippen LogP contribution is 2.25. The molecular weight excluding hydrogens is 527 g/mol. The molecule has 4 aromatic rings. The Hall–Kier alpha value is -3.22. The summed E-state index contributed by atoms with van der Waals surface area (Å²) in [6.07, 6.45) is -9.30. The second-order valence-corrected chi connectivity index (χ2v) is 8.71. The van der Waals surface area contributed by atoms with Crippen LogP contribution < -0.4 is 5.69 Å². The molecule has 1 unspecified atom stereocenters. The highest BCUT2D eigenvalue weighted by molar-refractivity contribution is 6.31. The van der Waals surface area contributed by atoms with Gasteiger partial charge in [-0.25, -0.2) is 23.5 Å². The number of aromatic nitrogens is 6. The lowest BCUT2D eigenvalue weighted by atomic mass is 10.2. The minimum absolute atomic E-state index is 0.0137. The van der Waals surface area contributed by atoms with Crippen LogP contribution in [0.4, 0.5) is 17.6 Å². The van der Waals surface area contributed by atoms with Crippen LogP contribution in [-0.4, -0.2) is 46.5 Å². The molecule has 0 aliphatic carbocycles. The maximum absolute atomic E-state index is 14.3. The fraction of sp³-hybridized carbons (Fsp3) is 0.273. The van der Waals surface area contributed by atoms with E-state index in [9.17, 15) is 27.5 Å². The zero-order chi connectivity index (χ0) is 26.2. The summed E-state index contributed by atoms with van der Waals surface area (Å²) in [6.45, 7) is -0.202. The number of aliphatic hydroxyl groups excluding tert-OH is 1. The van der Waals surface area contributed by atoms with Crippen LogP contribution >= 0.6 is 23.2 Å². The normalized spacial score (nSPS) is 13.7. The largest absolute Gasteiger partial charge is 0.416 e. The van der Waals surface area contributed by atoms with Crippen molar-refractivity contribution in [2.75, 3.05) is 0 Å². The first kappa shape index (κ1) is 25.9. The monoisotopic (exact) mass is 544 g/mol. The van der Waals surface area contributed by atoms with Crippen LogP contribution in [0.1, 0.15) is 24.7 Å². The Kier molecular flexibility index (Phi) is 7.21. The number of alkyl halides is 4. The van der Waals surface area contributed by atoms with E-state index < -0.39 is 30.7 Å². The lowest BCUT2D eigenvalue weighted by molar-refractivity contribution is -0.207. The number of hydrogen-bond acceptors (Lipinski definition) is 5. The number of halogens is 6. The average Bonchev–Trinajstić information content (AvgIpc) is 3.36. The second kappa shape index (κ2) is 10.0. The van der Waals surface area contributed by atoms with E-state index >= 15 is 0 Å². The van der Waals surface area contributed by atoms with Crippen LogP contribution in [0.25, 0.3) is 17.1 Å². The summed E-state index contributed by atoms with van der Waals surface area (Å²) in [6, 6.07) is 12.4. The molecule has 190 valence electrons. The Morgan fingerprint density at radius 2 is 1.75 bits per heavy atom. The number of hydrogen-bond donors (Lipinski definition) is 1. The molecule has 0 aliphatic rings. The number of aliphatic hydroxyl groups is 1. The van der Waals surface area contributed by atoms with Gasteiger partial charge in [0.25, 0.3) is 0 Å². The third kappa shape index (κ3) is 5.45. The Labute approximate surface area is 211 Å². The van der Waals surface area contributed by atoms with Crippen LogP contribution in [0.15, 0.2) is 53.3 Å². The van der Waals surface area contributed by atoms with Crippen LogP contribution in [0.5, 0.6) is 0 Å². The molecule has 0 saturated carbocycles. The maximum atomic E-state index is 14.3. The van der Waals surface area contributed by atoms with Crippen molar-refractivity contribution in [1.29, 1.82) is 0 Å². The van der Waals surface area contributed by atoms with Crippen molar-refractivity contribution in [1.82, 2.24) is 29.1 Å². The van der Waals surface area contributed by atoms with E-state index in [0.29, 0.717) is 25.9 Å². The molecule has 2 aromatic carbocycles. The molecule has 0 spiro atoms. The summed E-state index contributed by atoms with van der Waals surface area (Å²) in [4.78, 5) is 17.2. The van der Waals surface area contributed by atoms with Crippen LogP contribution in [0, 0.1) is 0 Å². The topological polar surface area (TPSA) is 90.8 Å². The van der Waals surface area contributed by atoms with E-state index in [1.54, 1.807) is 24.3 Å². The summed E-state index contributed by atoms with van der Waals surface area (Å²) in [5.74, 6) is -0.209. The summed E-state index contributed by atoms with van der Waals surface area (Å²) >= 11 is 11.9. The zero-order valence-corrected chi connectivity index (χ0v) is 20.0. The molecule has 0 saturated heterocycles. The molecule has 1 N–H and O–H groups in total. The predicted octanol–water partition coefficient (Wildman–Crippen LogP) is 4.60. The minimum atomic E-state index is -4.96. The standard InChI is InChI=1S/C22H18Cl2F4N6O2/c1-12(25)19-29-18(30-34(19)16-4-2-3-15(24)9-16)11-33-21(36)32(10-17(35)22(26,27)28)20(31-33)13-5-7-14(23)8-6-13/h2-9,12,17,35H,10-11H2,1H3/t12?,17-/m0/s1. The lowest BCUT2D eigenvalue weighted by Crippen LogP contribution is -2.37. The molecule has 0 fully saturated rings. The summed E-state index contributed by atoms with van der Waals surface area (Å²) in [5, 5.41) is 18.8. The van der Waals surface area contributed by atoms with Gasteiger partial charge < -0.3 is 5.11 Å². The number of rotatable bonds is 7. The van der Waals surface area contributed by atoms with Crippen molar-refractivity contribution in [2.45, 2.75) is 38.5 Å². The molecule has 36 heavy (non-hydrogen) atoms. The second-order valence-electron chi connectivity index (χ2n) is 7.83. The van der Waals surface area contributed by atoms with Crippen molar-refractivity contribution in [2.24, 2.45) is 0 Å². The molecule has 2 heterocycles. The molecule has 2 atom stereocenters. The van der Waals surface area contributed by atoms with Crippen molar-refractivity contribution in [3.8, 4) is 17.1 Å². The Bertz CT molecular complexity index is 1430. The quantitative estimate of drug-likeness (QED) is 0.343. The van der Waals surface area contributed by atoms with Crippen molar-refractivity contribution >= 4 is 23.2 Å².